The number of hydrogen-bond donors (Lipinski definition) is 2. The van der Waals surface area contributed by atoms with Crippen molar-refractivity contribution in [3.05, 3.63) is 195 Å². The van der Waals surface area contributed by atoms with Gasteiger partial charge in [0.25, 0.3) is 0 Å². The lowest BCUT2D eigenvalue weighted by atomic mass is 10.0. The molecule has 0 atom stereocenters. The van der Waals surface area contributed by atoms with Crippen molar-refractivity contribution in [1.29, 1.82) is 0 Å². The van der Waals surface area contributed by atoms with E-state index in [0.717, 1.165) is 16.3 Å². The quantitative estimate of drug-likeness (QED) is 0.0852. The summed E-state index contributed by atoms with van der Waals surface area (Å²) < 4.78 is 62.7. The maximum absolute atomic E-state index is 13.5. The lowest BCUT2D eigenvalue weighted by Gasteiger charge is -2.14. The summed E-state index contributed by atoms with van der Waals surface area (Å²) in [5, 5.41) is 19.2. The molecule has 0 unspecified atom stereocenters. The number of nitrogen functional groups attached to an aromatic ring is 1. The molecule has 424 valence electrons. The SMILES string of the molecule is CC(C)n1cc(C(=O)O)c(=O)c(-c2ccc(F)cc2)n1.COc1cc2nccc(Oc3ccc(CC(=O)c4cn(C(C)C)nc(-c5ccc(F)cc5)c4=O)nc3)c2cc1OC.COc1cc2nccc(Oc3ccc(N)nc3)c2cc1OC. The van der Waals surface area contributed by atoms with E-state index in [-0.39, 0.29) is 41.0 Å². The lowest BCUT2D eigenvalue weighted by Crippen LogP contribution is -2.24. The molecule has 10 rings (SSSR count). The number of ether oxygens (including phenoxy) is 6. The maximum atomic E-state index is 13.5. The number of carboxylic acid groups (broad SMARTS) is 1. The van der Waals surface area contributed by atoms with Crippen LogP contribution < -0.4 is 45.0 Å². The highest BCUT2D eigenvalue weighted by molar-refractivity contribution is 5.98. The van der Waals surface area contributed by atoms with Crippen LogP contribution in [0, 0.1) is 11.6 Å². The van der Waals surface area contributed by atoms with Gasteiger partial charge in [0.15, 0.2) is 28.8 Å². The number of nitrogens with zero attached hydrogens (tertiary/aromatic N) is 8. The van der Waals surface area contributed by atoms with Gasteiger partial charge in [-0.15, -0.1) is 0 Å². The van der Waals surface area contributed by atoms with Crippen LogP contribution in [0.1, 0.15) is 66.2 Å². The number of rotatable bonds is 16. The molecule has 0 fully saturated rings. The van der Waals surface area contributed by atoms with Crippen LogP contribution in [0.3, 0.4) is 0 Å². The summed E-state index contributed by atoms with van der Waals surface area (Å²) in [6.07, 6.45) is 8.95. The number of hydrogen-bond acceptors (Lipinski definition) is 17. The number of anilines is 1. The average Bonchev–Trinajstić information content (AvgIpc) is 3.69. The molecule has 22 heteroatoms. The van der Waals surface area contributed by atoms with Crippen molar-refractivity contribution in [3.63, 3.8) is 0 Å². The monoisotopic (exact) mass is 1130 g/mol. The van der Waals surface area contributed by atoms with Crippen LogP contribution in [0.25, 0.3) is 44.3 Å². The molecule has 0 saturated heterocycles. The number of halogens is 2. The average molecular weight is 1130 g/mol. The highest BCUT2D eigenvalue weighted by Gasteiger charge is 2.21. The minimum absolute atomic E-state index is 0.00130. The largest absolute Gasteiger partial charge is 0.493 e. The minimum Gasteiger partial charge on any atom is -0.493 e. The van der Waals surface area contributed by atoms with Gasteiger partial charge in [-0.2, -0.15) is 10.2 Å². The molecule has 0 aliphatic rings. The van der Waals surface area contributed by atoms with E-state index in [1.807, 2.05) is 39.8 Å². The topological polar surface area (TPSA) is 257 Å². The van der Waals surface area contributed by atoms with Gasteiger partial charge in [-0.3, -0.25) is 38.7 Å². The van der Waals surface area contributed by atoms with E-state index in [4.69, 9.17) is 39.3 Å². The van der Waals surface area contributed by atoms with Crippen LogP contribution in [0.5, 0.6) is 46.0 Å². The summed E-state index contributed by atoms with van der Waals surface area (Å²) >= 11 is 0. The Kier molecular flexibility index (Phi) is 18.4. The second kappa shape index (κ2) is 26.1. The summed E-state index contributed by atoms with van der Waals surface area (Å²) in [5.41, 5.74) is 6.78. The number of aromatic carboxylic acids is 1. The molecule has 6 heterocycles. The predicted molar refractivity (Wildman–Crippen MR) is 306 cm³/mol. The number of ketones is 1. The van der Waals surface area contributed by atoms with Crippen LogP contribution in [0.2, 0.25) is 0 Å². The lowest BCUT2D eigenvalue weighted by molar-refractivity contribution is 0.0693. The van der Waals surface area contributed by atoms with Gasteiger partial charge < -0.3 is 39.3 Å². The summed E-state index contributed by atoms with van der Waals surface area (Å²) in [6.45, 7) is 7.41. The Morgan fingerprint density at radius 2 is 0.964 bits per heavy atom. The van der Waals surface area contributed by atoms with Crippen LogP contribution >= 0.6 is 0 Å². The Morgan fingerprint density at radius 1 is 0.542 bits per heavy atom. The zero-order chi connectivity index (χ0) is 59.5. The molecule has 3 N–H and O–H groups in total. The van der Waals surface area contributed by atoms with Crippen LogP contribution in [0.4, 0.5) is 14.6 Å². The molecule has 0 aliphatic carbocycles. The first-order valence-electron chi connectivity index (χ1n) is 25.5. The summed E-state index contributed by atoms with van der Waals surface area (Å²) in [4.78, 5) is 66.9. The Labute approximate surface area is 473 Å². The van der Waals surface area contributed by atoms with Gasteiger partial charge in [-0.1, -0.05) is 0 Å². The van der Waals surface area contributed by atoms with Crippen molar-refractivity contribution in [1.82, 2.24) is 39.5 Å². The molecule has 4 aromatic carbocycles. The Balaban J connectivity index is 0.000000180. The third kappa shape index (κ3) is 13.9. The van der Waals surface area contributed by atoms with E-state index >= 15 is 0 Å². The van der Waals surface area contributed by atoms with Crippen molar-refractivity contribution in [3.8, 4) is 68.5 Å². The number of carboxylic acids is 1. The molecule has 0 aliphatic heterocycles. The number of fused-ring (bicyclic) bond motifs is 2. The number of pyridine rings is 4. The van der Waals surface area contributed by atoms with Gasteiger partial charge in [-0.25, -0.2) is 18.6 Å². The third-order valence-electron chi connectivity index (χ3n) is 12.5. The maximum Gasteiger partial charge on any atom is 0.341 e. The normalized spacial score (nSPS) is 10.8. The highest BCUT2D eigenvalue weighted by Crippen LogP contribution is 2.38. The number of nitrogens with two attached hydrogens (primary N) is 1. The molecule has 6 aromatic heterocycles. The van der Waals surface area contributed by atoms with Crippen LogP contribution in [-0.2, 0) is 6.42 Å². The van der Waals surface area contributed by atoms with E-state index in [2.05, 4.69) is 30.1 Å². The summed E-state index contributed by atoms with van der Waals surface area (Å²) in [5.74, 6) is 2.43. The zero-order valence-electron chi connectivity index (χ0n) is 46.2. The molecule has 0 radical (unpaired) electrons. The fourth-order valence-electron chi connectivity index (χ4n) is 8.10. The molecule has 20 nitrogen and oxygen atoms in total. The molecular formula is C61H55F2N9O11. The first kappa shape index (κ1) is 58.5. The number of Topliss-reactive ketones (excluding diaryl/α,β-unsaturated/α-hetero) is 1. The molecular weight excluding hydrogens is 1070 g/mol. The van der Waals surface area contributed by atoms with Crippen molar-refractivity contribution in [2.45, 2.75) is 46.2 Å². The Bertz CT molecular complexity index is 4090. The van der Waals surface area contributed by atoms with Crippen LogP contribution in [0.15, 0.2) is 156 Å². The van der Waals surface area contributed by atoms with Crippen molar-refractivity contribution in [2.24, 2.45) is 0 Å². The van der Waals surface area contributed by atoms with E-state index in [9.17, 15) is 28.0 Å². The van der Waals surface area contributed by atoms with Gasteiger partial charge >= 0.3 is 5.97 Å². The van der Waals surface area contributed by atoms with Crippen molar-refractivity contribution >= 4 is 39.4 Å². The molecule has 0 amide bonds. The number of benzene rings is 4. The van der Waals surface area contributed by atoms with Crippen molar-refractivity contribution in [2.75, 3.05) is 34.2 Å². The standard InChI is InChI=1S/C31H27FN4O5.C16H15N3O3.C14H13FN2O3/c1-18(2)36-17-24(31(38)30(35-36)19-5-7-20(32)8-6-19)26(37)13-21-9-10-22(16-34-21)41-27-11-12-33-25-15-29(40-4)28(39-3)14-23(25)27;1-20-14-7-11-12(8-15(14)21-2)18-6-5-13(11)22-10-3-4-16(17)19-9-10;1-8(2)17-7-11(14(19)20)13(18)12(16-17)9-3-5-10(15)6-4-9/h5-12,14-18H,13H2,1-4H3;3-9H,1-2H3,(H2,17,19);3-8H,1-2H3,(H,19,20). The van der Waals surface area contributed by atoms with Gasteiger partial charge in [0.1, 0.15) is 57.4 Å². The van der Waals surface area contributed by atoms with E-state index in [0.29, 0.717) is 74.2 Å². The van der Waals surface area contributed by atoms with Gasteiger partial charge in [0.05, 0.1) is 63.9 Å². The second-order valence-electron chi connectivity index (χ2n) is 18.7. The van der Waals surface area contributed by atoms with Gasteiger partial charge in [0, 0.05) is 76.6 Å². The number of aromatic nitrogens is 8. The first-order chi connectivity index (χ1) is 39.9. The number of carbonyl (C=O) groups is 2. The molecule has 83 heavy (non-hydrogen) atoms. The van der Waals surface area contributed by atoms with Crippen molar-refractivity contribution < 1.29 is 51.9 Å². The predicted octanol–water partition coefficient (Wildman–Crippen LogP) is 11.2. The Hall–Kier alpha value is -10.6. The Morgan fingerprint density at radius 3 is 1.36 bits per heavy atom. The third-order valence-corrected chi connectivity index (χ3v) is 12.5. The summed E-state index contributed by atoms with van der Waals surface area (Å²) in [6, 6.07) is 27.9. The van der Waals surface area contributed by atoms with E-state index in [1.54, 1.807) is 100 Å². The second-order valence-corrected chi connectivity index (χ2v) is 18.7. The number of methoxy groups -OCH3 is 4. The van der Waals surface area contributed by atoms with Gasteiger partial charge in [-0.05, 0) is 125 Å². The fourth-order valence-corrected chi connectivity index (χ4v) is 8.10. The van der Waals surface area contributed by atoms with Gasteiger partial charge in [0.2, 0.25) is 10.9 Å². The van der Waals surface area contributed by atoms with E-state index < -0.39 is 34.2 Å². The minimum atomic E-state index is -1.31. The molecule has 0 saturated carbocycles. The van der Waals surface area contributed by atoms with E-state index in [1.165, 1.54) is 71.8 Å². The fraction of sp³-hybridized carbons (Fsp3) is 0.180. The van der Waals surface area contributed by atoms with Crippen LogP contribution in [-0.4, -0.2) is 84.8 Å². The highest BCUT2D eigenvalue weighted by atomic mass is 19.1. The molecule has 0 spiro atoms. The molecule has 10 aromatic rings. The first-order valence-corrected chi connectivity index (χ1v) is 25.5. The number of carbonyl (C=O) groups excluding carboxylic acids is 1. The zero-order valence-corrected chi connectivity index (χ0v) is 46.2. The molecule has 0 bridgehead atoms. The summed E-state index contributed by atoms with van der Waals surface area (Å²) in [7, 11) is 6.29. The smallest absolute Gasteiger partial charge is 0.341 e.